The fourth-order valence-electron chi connectivity index (χ4n) is 0.771. The molecule has 0 aliphatic carbocycles. The van der Waals surface area contributed by atoms with Crippen molar-refractivity contribution in [2.45, 2.75) is 39.5 Å². The largest absolute Gasteiger partial charge is 0.0654 e. The Balaban J connectivity index is 3.00. The average molecular weight is 225 g/mol. The van der Waals surface area contributed by atoms with Crippen LogP contribution in [0.2, 0.25) is 0 Å². The predicted octanol–water partition coefficient (Wildman–Crippen LogP) is 4.38. The number of halogens is 1. The van der Waals surface area contributed by atoms with Crippen molar-refractivity contribution in [2.75, 3.05) is 12.3 Å². The van der Waals surface area contributed by atoms with Gasteiger partial charge in [0.15, 0.2) is 0 Å². The summed E-state index contributed by atoms with van der Waals surface area (Å²) in [5, 5.41) is 0. The average Bonchev–Trinajstić information content (AvgIpc) is 1.97. The van der Waals surface area contributed by atoms with E-state index >= 15 is 0 Å². The van der Waals surface area contributed by atoms with Crippen LogP contribution in [0.15, 0.2) is 0 Å². The molecule has 0 saturated carbocycles. The van der Waals surface area contributed by atoms with E-state index in [0.717, 1.165) is 0 Å². The van der Waals surface area contributed by atoms with E-state index in [1.165, 1.54) is 38.0 Å². The monoisotopic (exact) mass is 224 g/mol. The minimum Gasteiger partial charge on any atom is -0.0654 e. The lowest BCUT2D eigenvalue weighted by Gasteiger charge is -2.07. The first-order chi connectivity index (χ1) is 4.81. The fraction of sp³-hybridized carbons (Fsp3) is 1.00. The molecule has 0 rings (SSSR count). The first-order valence-electron chi connectivity index (χ1n) is 4.22. The molecule has 0 N–H and O–H groups in total. The van der Waals surface area contributed by atoms with Crippen LogP contribution in [-0.2, 0) is 0 Å². The Morgan fingerprint density at radius 1 is 1.00 bits per heavy atom. The van der Waals surface area contributed by atoms with Crippen molar-refractivity contribution >= 4 is 22.1 Å². The smallest absolute Gasteiger partial charge is 0.0227 e. The van der Waals surface area contributed by atoms with Crippen LogP contribution in [0.1, 0.15) is 39.5 Å². The van der Waals surface area contributed by atoms with Gasteiger partial charge in [-0.1, -0.05) is 42.2 Å². The summed E-state index contributed by atoms with van der Waals surface area (Å²) in [7, 11) is 0. The zero-order chi connectivity index (χ0) is 7.82. The lowest BCUT2D eigenvalue weighted by atomic mass is 10.4. The van der Waals surface area contributed by atoms with Crippen molar-refractivity contribution in [3.8, 4) is 0 Å². The van der Waals surface area contributed by atoms with Crippen LogP contribution < -0.4 is 0 Å². The molecule has 0 aromatic rings. The number of hydrogen-bond acceptors (Lipinski definition) is 0. The molecule has 0 aromatic carbocycles. The Bertz CT molecular complexity index is 58.3. The van der Waals surface area contributed by atoms with E-state index in [9.17, 15) is 0 Å². The van der Waals surface area contributed by atoms with Gasteiger partial charge in [0.25, 0.3) is 0 Å². The van der Waals surface area contributed by atoms with E-state index in [-0.39, 0.29) is 6.62 Å². The summed E-state index contributed by atoms with van der Waals surface area (Å²) in [5.74, 6) is 0. The third-order valence-electron chi connectivity index (χ3n) is 1.51. The van der Waals surface area contributed by atoms with Crippen molar-refractivity contribution < 1.29 is 0 Å². The minimum atomic E-state index is 0.220. The maximum atomic E-state index is 3.74. The lowest BCUT2D eigenvalue weighted by molar-refractivity contribution is 0.873. The van der Waals surface area contributed by atoms with Crippen LogP contribution in [-0.4, -0.2) is 12.3 Å². The molecule has 0 atom stereocenters. The van der Waals surface area contributed by atoms with Gasteiger partial charge in [0.2, 0.25) is 0 Å². The van der Waals surface area contributed by atoms with E-state index < -0.39 is 0 Å². The van der Waals surface area contributed by atoms with Gasteiger partial charge in [-0.15, -0.1) is 0 Å². The molecule has 0 radical (unpaired) electrons. The van der Waals surface area contributed by atoms with Gasteiger partial charge in [-0.25, -0.2) is 0 Å². The predicted molar refractivity (Wildman–Crippen MR) is 55.4 cm³/mol. The fourth-order valence-corrected chi connectivity index (χ4v) is 3.82. The van der Waals surface area contributed by atoms with Crippen molar-refractivity contribution in [3.63, 3.8) is 0 Å². The van der Waals surface area contributed by atoms with Crippen molar-refractivity contribution in [1.29, 1.82) is 0 Å². The Labute approximate surface area is 74.3 Å². The zero-order valence-electron chi connectivity index (χ0n) is 7.07. The van der Waals surface area contributed by atoms with Crippen LogP contribution >= 0.6 is 22.1 Å². The van der Waals surface area contributed by atoms with Crippen LogP contribution in [0, 0.1) is 0 Å². The summed E-state index contributed by atoms with van der Waals surface area (Å²) in [6.45, 7) is 4.74. The van der Waals surface area contributed by atoms with Crippen molar-refractivity contribution in [3.05, 3.63) is 0 Å². The summed E-state index contributed by atoms with van der Waals surface area (Å²) in [4.78, 5) is 0. The third kappa shape index (κ3) is 7.02. The second-order valence-corrected chi connectivity index (χ2v) is 7.45. The molecule has 10 heavy (non-hydrogen) atoms. The SMILES string of the molecule is CCCCP(Br)CCCC. The second kappa shape index (κ2) is 8.01. The Kier molecular flexibility index (Phi) is 8.74. The summed E-state index contributed by atoms with van der Waals surface area (Å²) >= 11 is 3.74. The molecular formula is C8H18BrP. The molecule has 0 amide bonds. The van der Waals surface area contributed by atoms with Gasteiger partial charge in [-0.3, -0.25) is 0 Å². The van der Waals surface area contributed by atoms with Crippen LogP contribution in [0.3, 0.4) is 0 Å². The minimum absolute atomic E-state index is 0.220. The molecule has 0 aliphatic heterocycles. The highest BCUT2D eigenvalue weighted by Crippen LogP contribution is 2.45. The molecule has 2 heteroatoms. The summed E-state index contributed by atoms with van der Waals surface area (Å²) in [6.07, 6.45) is 8.34. The molecule has 0 spiro atoms. The molecule has 0 heterocycles. The first-order valence-corrected chi connectivity index (χ1v) is 7.95. The molecule has 0 nitrogen and oxygen atoms in total. The number of rotatable bonds is 6. The second-order valence-electron chi connectivity index (χ2n) is 2.62. The highest BCUT2D eigenvalue weighted by atomic mass is 79.9. The molecule has 0 aromatic heterocycles. The van der Waals surface area contributed by atoms with Gasteiger partial charge in [-0.2, -0.15) is 0 Å². The van der Waals surface area contributed by atoms with Crippen LogP contribution in [0.25, 0.3) is 0 Å². The third-order valence-corrected chi connectivity index (χ3v) is 5.24. The Morgan fingerprint density at radius 2 is 1.40 bits per heavy atom. The molecular weight excluding hydrogens is 207 g/mol. The van der Waals surface area contributed by atoms with E-state index in [4.69, 9.17) is 0 Å². The normalized spacial score (nSPS) is 10.8. The van der Waals surface area contributed by atoms with E-state index in [1.807, 2.05) is 0 Å². The van der Waals surface area contributed by atoms with Gasteiger partial charge < -0.3 is 0 Å². The van der Waals surface area contributed by atoms with Gasteiger partial charge in [-0.05, 0) is 31.8 Å². The molecule has 62 valence electrons. The highest BCUT2D eigenvalue weighted by molar-refractivity contribution is 9.39. The van der Waals surface area contributed by atoms with Crippen LogP contribution in [0.4, 0.5) is 0 Å². The zero-order valence-corrected chi connectivity index (χ0v) is 9.55. The topological polar surface area (TPSA) is 0 Å². The van der Waals surface area contributed by atoms with Gasteiger partial charge >= 0.3 is 0 Å². The summed E-state index contributed by atoms with van der Waals surface area (Å²) < 4.78 is 0. The molecule has 0 aliphatic rings. The number of hydrogen-bond donors (Lipinski definition) is 0. The number of unbranched alkanes of at least 4 members (excludes halogenated alkanes) is 2. The molecule has 0 unspecified atom stereocenters. The Hall–Kier alpha value is 0.910. The van der Waals surface area contributed by atoms with E-state index in [2.05, 4.69) is 29.3 Å². The summed E-state index contributed by atoms with van der Waals surface area (Å²) in [5.41, 5.74) is 0. The van der Waals surface area contributed by atoms with E-state index in [0.29, 0.717) is 0 Å². The van der Waals surface area contributed by atoms with Crippen LogP contribution in [0.5, 0.6) is 0 Å². The molecule has 0 saturated heterocycles. The summed E-state index contributed by atoms with van der Waals surface area (Å²) in [6, 6.07) is 0. The van der Waals surface area contributed by atoms with Gasteiger partial charge in [0.1, 0.15) is 0 Å². The Morgan fingerprint density at radius 3 is 1.70 bits per heavy atom. The maximum Gasteiger partial charge on any atom is -0.0227 e. The standard InChI is InChI=1S/C8H18BrP/c1-3-5-7-10(9)8-6-4-2/h3-8H2,1-2H3. The quantitative estimate of drug-likeness (QED) is 0.588. The first kappa shape index (κ1) is 10.9. The van der Waals surface area contributed by atoms with Gasteiger partial charge in [0, 0.05) is 0 Å². The highest BCUT2D eigenvalue weighted by Gasteiger charge is 2.00. The van der Waals surface area contributed by atoms with Crippen molar-refractivity contribution in [2.24, 2.45) is 0 Å². The van der Waals surface area contributed by atoms with Crippen molar-refractivity contribution in [1.82, 2.24) is 0 Å². The lowest BCUT2D eigenvalue weighted by Crippen LogP contribution is -1.83. The molecule has 0 fully saturated rings. The maximum absolute atomic E-state index is 3.74. The molecule has 0 bridgehead atoms. The van der Waals surface area contributed by atoms with Gasteiger partial charge in [0.05, 0.1) is 0 Å². The van der Waals surface area contributed by atoms with E-state index in [1.54, 1.807) is 0 Å².